The van der Waals surface area contributed by atoms with Crippen LogP contribution in [-0.2, 0) is 6.42 Å². The maximum absolute atomic E-state index is 6.30. The predicted molar refractivity (Wildman–Crippen MR) is 81.3 cm³/mol. The first-order chi connectivity index (χ1) is 9.74. The second kappa shape index (κ2) is 5.39. The van der Waals surface area contributed by atoms with Gasteiger partial charge in [0.15, 0.2) is 0 Å². The van der Waals surface area contributed by atoms with Crippen molar-refractivity contribution in [2.45, 2.75) is 19.4 Å². The molecule has 0 amide bonds. The summed E-state index contributed by atoms with van der Waals surface area (Å²) in [5.74, 6) is 0. The van der Waals surface area contributed by atoms with Crippen LogP contribution in [0.15, 0.2) is 54.9 Å². The molecule has 0 aliphatic rings. The molecule has 100 valence electrons. The third kappa shape index (κ3) is 2.53. The van der Waals surface area contributed by atoms with Gasteiger partial charge in [0, 0.05) is 17.8 Å². The molecule has 0 bridgehead atoms. The van der Waals surface area contributed by atoms with Gasteiger partial charge in [0.05, 0.1) is 17.3 Å². The van der Waals surface area contributed by atoms with Gasteiger partial charge in [-0.05, 0) is 48.7 Å². The van der Waals surface area contributed by atoms with Gasteiger partial charge in [-0.25, -0.2) is 0 Å². The van der Waals surface area contributed by atoms with Crippen LogP contribution >= 0.6 is 0 Å². The Morgan fingerprint density at radius 3 is 2.70 bits per heavy atom. The third-order valence-corrected chi connectivity index (χ3v) is 3.50. The van der Waals surface area contributed by atoms with E-state index in [9.17, 15) is 0 Å². The number of pyridine rings is 2. The predicted octanol–water partition coefficient (Wildman–Crippen LogP) is 3.18. The van der Waals surface area contributed by atoms with Crippen LogP contribution < -0.4 is 5.73 Å². The molecule has 2 N–H and O–H groups in total. The molecule has 3 aromatic rings. The van der Waals surface area contributed by atoms with Crippen LogP contribution in [0.1, 0.15) is 22.9 Å². The van der Waals surface area contributed by atoms with Gasteiger partial charge in [0.2, 0.25) is 0 Å². The van der Waals surface area contributed by atoms with E-state index < -0.39 is 0 Å². The zero-order valence-corrected chi connectivity index (χ0v) is 11.5. The lowest BCUT2D eigenvalue weighted by Gasteiger charge is -2.13. The Balaban J connectivity index is 1.93. The van der Waals surface area contributed by atoms with Crippen molar-refractivity contribution in [3.8, 4) is 0 Å². The summed E-state index contributed by atoms with van der Waals surface area (Å²) in [6.45, 7) is 2.06. The van der Waals surface area contributed by atoms with E-state index in [-0.39, 0.29) is 6.04 Å². The first-order valence-corrected chi connectivity index (χ1v) is 6.75. The second-order valence-corrected chi connectivity index (χ2v) is 5.06. The average molecular weight is 263 g/mol. The first-order valence-electron chi connectivity index (χ1n) is 6.75. The van der Waals surface area contributed by atoms with Crippen molar-refractivity contribution in [1.29, 1.82) is 0 Å². The van der Waals surface area contributed by atoms with E-state index in [0.29, 0.717) is 0 Å². The quantitative estimate of drug-likeness (QED) is 0.789. The van der Waals surface area contributed by atoms with Gasteiger partial charge in [-0.3, -0.25) is 9.97 Å². The minimum absolute atomic E-state index is 0.0966. The summed E-state index contributed by atoms with van der Waals surface area (Å²) >= 11 is 0. The monoisotopic (exact) mass is 263 g/mol. The molecule has 0 fully saturated rings. The summed E-state index contributed by atoms with van der Waals surface area (Å²) in [7, 11) is 0. The smallest absolute Gasteiger partial charge is 0.0704 e. The van der Waals surface area contributed by atoms with Gasteiger partial charge in [-0.1, -0.05) is 18.2 Å². The van der Waals surface area contributed by atoms with Crippen molar-refractivity contribution < 1.29 is 0 Å². The van der Waals surface area contributed by atoms with Crippen LogP contribution in [0.25, 0.3) is 10.9 Å². The summed E-state index contributed by atoms with van der Waals surface area (Å²) in [6, 6.07) is 14.1. The van der Waals surface area contributed by atoms with Gasteiger partial charge in [0.1, 0.15) is 0 Å². The molecular weight excluding hydrogens is 246 g/mol. The number of rotatable bonds is 3. The van der Waals surface area contributed by atoms with Crippen molar-refractivity contribution >= 4 is 10.9 Å². The fourth-order valence-corrected chi connectivity index (χ4v) is 2.44. The fourth-order valence-electron chi connectivity index (χ4n) is 2.44. The SMILES string of the molecule is Cc1ccnc(C(N)Cc2ccnc3ccccc23)c1. The largest absolute Gasteiger partial charge is 0.322 e. The molecule has 0 saturated heterocycles. The summed E-state index contributed by atoms with van der Waals surface area (Å²) in [5.41, 5.74) is 10.6. The highest BCUT2D eigenvalue weighted by atomic mass is 14.8. The molecule has 0 radical (unpaired) electrons. The Morgan fingerprint density at radius 1 is 1.05 bits per heavy atom. The van der Waals surface area contributed by atoms with Crippen LogP contribution in [0.5, 0.6) is 0 Å². The number of benzene rings is 1. The minimum Gasteiger partial charge on any atom is -0.322 e. The van der Waals surface area contributed by atoms with Crippen LogP contribution in [-0.4, -0.2) is 9.97 Å². The lowest BCUT2D eigenvalue weighted by atomic mass is 9.99. The standard InChI is InChI=1S/C17H17N3/c1-12-6-8-20-17(10-12)15(18)11-13-7-9-19-16-5-3-2-4-14(13)16/h2-10,15H,11,18H2,1H3. The van der Waals surface area contributed by atoms with E-state index in [1.54, 1.807) is 0 Å². The number of nitrogens with two attached hydrogens (primary N) is 1. The van der Waals surface area contributed by atoms with E-state index in [1.165, 1.54) is 11.1 Å². The zero-order chi connectivity index (χ0) is 13.9. The molecular formula is C17H17N3. The molecule has 0 spiro atoms. The van der Waals surface area contributed by atoms with E-state index in [0.717, 1.165) is 23.0 Å². The number of nitrogens with zero attached hydrogens (tertiary/aromatic N) is 2. The molecule has 0 aliphatic carbocycles. The number of fused-ring (bicyclic) bond motifs is 1. The Bertz CT molecular complexity index is 732. The number of para-hydroxylation sites is 1. The maximum Gasteiger partial charge on any atom is 0.0704 e. The molecule has 2 heterocycles. The maximum atomic E-state index is 6.30. The van der Waals surface area contributed by atoms with Crippen molar-refractivity contribution in [2.75, 3.05) is 0 Å². The van der Waals surface area contributed by atoms with E-state index in [2.05, 4.69) is 23.0 Å². The van der Waals surface area contributed by atoms with Gasteiger partial charge >= 0.3 is 0 Å². The fraction of sp³-hybridized carbons (Fsp3) is 0.176. The zero-order valence-electron chi connectivity index (χ0n) is 11.5. The summed E-state index contributed by atoms with van der Waals surface area (Å²) in [6.07, 6.45) is 4.42. The van der Waals surface area contributed by atoms with Crippen molar-refractivity contribution in [1.82, 2.24) is 9.97 Å². The number of hydrogen-bond acceptors (Lipinski definition) is 3. The highest BCUT2D eigenvalue weighted by molar-refractivity contribution is 5.81. The number of aromatic nitrogens is 2. The summed E-state index contributed by atoms with van der Waals surface area (Å²) < 4.78 is 0. The minimum atomic E-state index is -0.0966. The van der Waals surface area contributed by atoms with Gasteiger partial charge < -0.3 is 5.73 Å². The molecule has 2 aromatic heterocycles. The van der Waals surface area contributed by atoms with E-state index in [4.69, 9.17) is 5.73 Å². The number of aryl methyl sites for hydroxylation is 1. The van der Waals surface area contributed by atoms with E-state index in [1.807, 2.05) is 48.8 Å². The summed E-state index contributed by atoms with van der Waals surface area (Å²) in [4.78, 5) is 8.75. The molecule has 1 unspecified atom stereocenters. The highest BCUT2D eigenvalue weighted by Gasteiger charge is 2.11. The highest BCUT2D eigenvalue weighted by Crippen LogP contribution is 2.21. The second-order valence-electron chi connectivity index (χ2n) is 5.06. The van der Waals surface area contributed by atoms with Crippen molar-refractivity contribution in [3.05, 3.63) is 71.7 Å². The third-order valence-electron chi connectivity index (χ3n) is 3.50. The van der Waals surface area contributed by atoms with Crippen LogP contribution in [0.4, 0.5) is 0 Å². The topological polar surface area (TPSA) is 51.8 Å². The first kappa shape index (κ1) is 12.8. The summed E-state index contributed by atoms with van der Waals surface area (Å²) in [5, 5.41) is 1.16. The average Bonchev–Trinajstić information content (AvgIpc) is 2.47. The van der Waals surface area contributed by atoms with Gasteiger partial charge in [0.25, 0.3) is 0 Å². The Hall–Kier alpha value is -2.26. The lowest BCUT2D eigenvalue weighted by Crippen LogP contribution is -2.15. The molecule has 1 atom stereocenters. The Kier molecular flexibility index (Phi) is 3.44. The Morgan fingerprint density at radius 2 is 1.85 bits per heavy atom. The van der Waals surface area contributed by atoms with Crippen LogP contribution in [0.2, 0.25) is 0 Å². The van der Waals surface area contributed by atoms with Crippen LogP contribution in [0, 0.1) is 6.92 Å². The lowest BCUT2D eigenvalue weighted by molar-refractivity contribution is 0.698. The molecule has 0 aliphatic heterocycles. The van der Waals surface area contributed by atoms with Gasteiger partial charge in [-0.15, -0.1) is 0 Å². The normalized spacial score (nSPS) is 12.5. The molecule has 0 saturated carbocycles. The molecule has 3 rings (SSSR count). The Labute approximate surface area is 118 Å². The molecule has 3 nitrogen and oxygen atoms in total. The van der Waals surface area contributed by atoms with Crippen molar-refractivity contribution in [2.24, 2.45) is 5.73 Å². The molecule has 1 aromatic carbocycles. The number of hydrogen-bond donors (Lipinski definition) is 1. The molecule has 3 heteroatoms. The molecule has 20 heavy (non-hydrogen) atoms. The van der Waals surface area contributed by atoms with Gasteiger partial charge in [-0.2, -0.15) is 0 Å². The van der Waals surface area contributed by atoms with Crippen LogP contribution in [0.3, 0.4) is 0 Å². The van der Waals surface area contributed by atoms with E-state index >= 15 is 0 Å². The van der Waals surface area contributed by atoms with Crippen molar-refractivity contribution in [3.63, 3.8) is 0 Å².